The molecule has 0 saturated carbocycles. The molecule has 1 amide bonds. The van der Waals surface area contributed by atoms with Gasteiger partial charge in [-0.15, -0.1) is 0 Å². The Morgan fingerprint density at radius 1 is 1.65 bits per heavy atom. The minimum absolute atomic E-state index is 0.233. The van der Waals surface area contributed by atoms with Gasteiger partial charge in [0.15, 0.2) is 6.10 Å². The van der Waals surface area contributed by atoms with Crippen molar-refractivity contribution in [2.75, 3.05) is 12.4 Å². The van der Waals surface area contributed by atoms with E-state index in [4.69, 9.17) is 4.74 Å². The molecule has 1 aliphatic heterocycles. The third kappa shape index (κ3) is 2.06. The van der Waals surface area contributed by atoms with Crippen LogP contribution in [0.15, 0.2) is 12.3 Å². The van der Waals surface area contributed by atoms with Crippen molar-refractivity contribution in [1.29, 1.82) is 0 Å². The van der Waals surface area contributed by atoms with Crippen molar-refractivity contribution >= 4 is 17.6 Å². The first kappa shape index (κ1) is 11.4. The largest absolute Gasteiger partial charge is 0.465 e. The van der Waals surface area contributed by atoms with Crippen LogP contribution in [0.2, 0.25) is 0 Å². The molecule has 1 aliphatic rings. The van der Waals surface area contributed by atoms with Crippen LogP contribution in [0.5, 0.6) is 5.88 Å². The summed E-state index contributed by atoms with van der Waals surface area (Å²) in [5.41, 5.74) is 0.660. The average Bonchev–Trinajstić information content (AvgIpc) is 2.36. The Balaban J connectivity index is 2.32. The van der Waals surface area contributed by atoms with Gasteiger partial charge >= 0.3 is 5.97 Å². The van der Waals surface area contributed by atoms with E-state index in [2.05, 4.69) is 15.0 Å². The van der Waals surface area contributed by atoms with Gasteiger partial charge in [0.05, 0.1) is 12.7 Å². The zero-order chi connectivity index (χ0) is 12.4. The highest BCUT2D eigenvalue weighted by atomic mass is 16.5. The molecule has 0 saturated heterocycles. The summed E-state index contributed by atoms with van der Waals surface area (Å²) in [4.78, 5) is 26.8. The predicted octanol–water partition coefficient (Wildman–Crippen LogP) is 0.978. The lowest BCUT2D eigenvalue weighted by Gasteiger charge is -2.23. The van der Waals surface area contributed by atoms with Gasteiger partial charge in [-0.25, -0.2) is 9.78 Å². The van der Waals surface area contributed by atoms with E-state index in [0.717, 1.165) is 0 Å². The summed E-state index contributed by atoms with van der Waals surface area (Å²) < 4.78 is 9.95. The predicted molar refractivity (Wildman–Crippen MR) is 58.9 cm³/mol. The van der Waals surface area contributed by atoms with Crippen LogP contribution in [0.25, 0.3) is 0 Å². The van der Waals surface area contributed by atoms with Crippen molar-refractivity contribution in [2.24, 2.45) is 0 Å². The molecule has 6 nitrogen and oxygen atoms in total. The normalized spacial score (nSPS) is 17.8. The lowest BCUT2D eigenvalue weighted by Crippen LogP contribution is -2.36. The third-order valence-corrected chi connectivity index (χ3v) is 2.45. The molecule has 0 aliphatic carbocycles. The molecule has 1 N–H and O–H groups in total. The van der Waals surface area contributed by atoms with Gasteiger partial charge in [0, 0.05) is 6.20 Å². The van der Waals surface area contributed by atoms with E-state index in [-0.39, 0.29) is 11.5 Å². The molecule has 2 rings (SSSR count). The lowest BCUT2D eigenvalue weighted by atomic mass is 10.2. The molecule has 0 fully saturated rings. The fourth-order valence-electron chi connectivity index (χ4n) is 1.54. The number of aromatic nitrogens is 1. The van der Waals surface area contributed by atoms with Gasteiger partial charge in [-0.3, -0.25) is 4.79 Å². The molecular weight excluding hydrogens is 224 g/mol. The number of carbonyl (C=O) groups is 2. The number of fused-ring (bicyclic) bond motifs is 1. The number of hydrogen-bond acceptors (Lipinski definition) is 5. The van der Waals surface area contributed by atoms with Crippen LogP contribution in [-0.4, -0.2) is 30.1 Å². The summed E-state index contributed by atoms with van der Waals surface area (Å²) in [6, 6.07) is 1.48. The number of rotatable bonds is 2. The van der Waals surface area contributed by atoms with Crippen LogP contribution in [0, 0.1) is 0 Å². The number of hydrogen-bond donors (Lipinski definition) is 1. The Morgan fingerprint density at radius 3 is 3.06 bits per heavy atom. The Hall–Kier alpha value is -2.11. The molecule has 6 heteroatoms. The van der Waals surface area contributed by atoms with Gasteiger partial charge in [0.2, 0.25) is 5.88 Å². The van der Waals surface area contributed by atoms with E-state index in [9.17, 15) is 9.59 Å². The monoisotopic (exact) mass is 236 g/mol. The Bertz CT molecular complexity index is 473. The fraction of sp³-hybridized carbons (Fsp3) is 0.364. The first-order valence-corrected chi connectivity index (χ1v) is 5.21. The van der Waals surface area contributed by atoms with Crippen LogP contribution in [-0.2, 0) is 9.53 Å². The summed E-state index contributed by atoms with van der Waals surface area (Å²) in [5.74, 6) is -0.417. The molecule has 1 unspecified atom stereocenters. The molecular formula is C11H12N2O4. The summed E-state index contributed by atoms with van der Waals surface area (Å²) in [6.07, 6.45) is 1.39. The van der Waals surface area contributed by atoms with Gasteiger partial charge in [0.25, 0.3) is 5.91 Å². The second-order valence-electron chi connectivity index (χ2n) is 3.57. The molecule has 90 valence electrons. The van der Waals surface area contributed by atoms with E-state index in [0.29, 0.717) is 18.0 Å². The SMILES string of the molecule is CCC1Oc2ncc(C(=O)OC)cc2NC1=O. The minimum Gasteiger partial charge on any atom is -0.465 e. The summed E-state index contributed by atoms with van der Waals surface area (Å²) in [7, 11) is 1.28. The maximum Gasteiger partial charge on any atom is 0.339 e. The molecule has 1 atom stereocenters. The first-order valence-electron chi connectivity index (χ1n) is 5.21. The van der Waals surface area contributed by atoms with Crippen molar-refractivity contribution in [2.45, 2.75) is 19.4 Å². The number of pyridine rings is 1. The number of methoxy groups -OCH3 is 1. The molecule has 0 bridgehead atoms. The molecule has 1 aromatic heterocycles. The van der Waals surface area contributed by atoms with E-state index < -0.39 is 12.1 Å². The molecule has 0 radical (unpaired) electrons. The van der Waals surface area contributed by atoms with E-state index in [1.54, 1.807) is 0 Å². The maximum absolute atomic E-state index is 11.6. The number of anilines is 1. The molecule has 1 aromatic rings. The zero-order valence-corrected chi connectivity index (χ0v) is 9.52. The maximum atomic E-state index is 11.6. The average molecular weight is 236 g/mol. The second kappa shape index (κ2) is 4.40. The van der Waals surface area contributed by atoms with Crippen LogP contribution in [0.3, 0.4) is 0 Å². The van der Waals surface area contributed by atoms with Crippen LogP contribution >= 0.6 is 0 Å². The quantitative estimate of drug-likeness (QED) is 0.774. The van der Waals surface area contributed by atoms with E-state index in [1.807, 2.05) is 6.92 Å². The van der Waals surface area contributed by atoms with E-state index in [1.165, 1.54) is 19.4 Å². The third-order valence-electron chi connectivity index (χ3n) is 2.45. The first-order chi connectivity index (χ1) is 8.15. The zero-order valence-electron chi connectivity index (χ0n) is 9.52. The number of esters is 1. The number of nitrogens with zero attached hydrogens (tertiary/aromatic N) is 1. The Kier molecular flexibility index (Phi) is 2.95. The van der Waals surface area contributed by atoms with Crippen LogP contribution < -0.4 is 10.1 Å². The van der Waals surface area contributed by atoms with Crippen molar-refractivity contribution in [1.82, 2.24) is 4.98 Å². The molecule has 0 aromatic carbocycles. The standard InChI is InChI=1S/C11H12N2O4/c1-3-8-9(14)13-7-4-6(11(15)16-2)5-12-10(7)17-8/h4-5,8H,3H2,1-2H3,(H,13,14). The second-order valence-corrected chi connectivity index (χ2v) is 3.57. The molecule has 2 heterocycles. The number of amides is 1. The van der Waals surface area contributed by atoms with Crippen molar-refractivity contribution < 1.29 is 19.1 Å². The summed E-state index contributed by atoms with van der Waals surface area (Å²) >= 11 is 0. The Labute approximate surface area is 97.9 Å². The molecule has 17 heavy (non-hydrogen) atoms. The van der Waals surface area contributed by atoms with Crippen molar-refractivity contribution in [3.05, 3.63) is 17.8 Å². The van der Waals surface area contributed by atoms with Gasteiger partial charge in [0.1, 0.15) is 5.69 Å². The van der Waals surface area contributed by atoms with Gasteiger partial charge in [-0.2, -0.15) is 0 Å². The van der Waals surface area contributed by atoms with Crippen molar-refractivity contribution in [3.63, 3.8) is 0 Å². The summed E-state index contributed by atoms with van der Waals surface area (Å²) in [6.45, 7) is 1.85. The fourth-order valence-corrected chi connectivity index (χ4v) is 1.54. The highest BCUT2D eigenvalue weighted by molar-refractivity contribution is 5.99. The number of carbonyl (C=O) groups excluding carboxylic acids is 2. The van der Waals surface area contributed by atoms with E-state index >= 15 is 0 Å². The van der Waals surface area contributed by atoms with Gasteiger partial charge in [-0.05, 0) is 12.5 Å². The lowest BCUT2D eigenvalue weighted by molar-refractivity contribution is -0.123. The number of nitrogens with one attached hydrogen (secondary N) is 1. The Morgan fingerprint density at radius 2 is 2.41 bits per heavy atom. The van der Waals surface area contributed by atoms with Crippen LogP contribution in [0.4, 0.5) is 5.69 Å². The van der Waals surface area contributed by atoms with Crippen molar-refractivity contribution in [3.8, 4) is 5.88 Å². The summed E-state index contributed by atoms with van der Waals surface area (Å²) in [5, 5.41) is 2.65. The van der Waals surface area contributed by atoms with Gasteiger partial charge < -0.3 is 14.8 Å². The molecule has 0 spiro atoms. The highest BCUT2D eigenvalue weighted by Gasteiger charge is 2.27. The minimum atomic E-state index is -0.529. The number of ether oxygens (including phenoxy) is 2. The smallest absolute Gasteiger partial charge is 0.339 e. The van der Waals surface area contributed by atoms with Crippen LogP contribution in [0.1, 0.15) is 23.7 Å². The van der Waals surface area contributed by atoms with Gasteiger partial charge in [-0.1, -0.05) is 6.92 Å². The topological polar surface area (TPSA) is 77.5 Å². The highest BCUT2D eigenvalue weighted by Crippen LogP contribution is 2.28.